The molecule has 1 amide bonds. The summed E-state index contributed by atoms with van der Waals surface area (Å²) in [7, 11) is 0. The predicted molar refractivity (Wildman–Crippen MR) is 167 cm³/mol. The predicted octanol–water partition coefficient (Wildman–Crippen LogP) is 4.70. The maximum Gasteiger partial charge on any atom is 0.414 e. The number of hydrogen-bond donors (Lipinski definition) is 3. The van der Waals surface area contributed by atoms with Crippen molar-refractivity contribution in [2.45, 2.75) is 78.3 Å². The fourth-order valence-corrected chi connectivity index (χ4v) is 5.75. The Morgan fingerprint density at radius 1 is 0.698 bits per heavy atom. The van der Waals surface area contributed by atoms with E-state index < -0.39 is 11.9 Å². The highest BCUT2D eigenvalue weighted by Crippen LogP contribution is 2.40. The maximum absolute atomic E-state index is 13.3. The van der Waals surface area contributed by atoms with Crippen molar-refractivity contribution >= 4 is 17.8 Å². The van der Waals surface area contributed by atoms with Crippen LogP contribution in [-0.2, 0) is 38.3 Å². The fraction of sp³-hybridized carbons (Fsp3) is 0.559. The molecular formula is C34H49N3O6. The molecule has 2 aliphatic heterocycles. The van der Waals surface area contributed by atoms with Gasteiger partial charge in [-0.15, -0.1) is 0 Å². The van der Waals surface area contributed by atoms with Crippen molar-refractivity contribution < 1.29 is 29.7 Å². The van der Waals surface area contributed by atoms with Gasteiger partial charge in [0.1, 0.15) is 5.75 Å². The molecule has 0 aliphatic carbocycles. The minimum atomic E-state index is -1.82. The molecule has 2 fully saturated rings. The molecule has 9 nitrogen and oxygen atoms in total. The molecule has 4 rings (SSSR count). The number of piperazine rings is 1. The Morgan fingerprint density at radius 3 is 1.58 bits per heavy atom. The summed E-state index contributed by atoms with van der Waals surface area (Å²) in [5.41, 5.74) is 4.40. The first-order valence-corrected chi connectivity index (χ1v) is 15.2. The molecule has 236 valence electrons. The number of piperidine rings is 1. The van der Waals surface area contributed by atoms with Gasteiger partial charge in [-0.1, -0.05) is 84.0 Å². The summed E-state index contributed by atoms with van der Waals surface area (Å²) in [5.74, 6) is -2.71. The van der Waals surface area contributed by atoms with E-state index in [1.54, 1.807) is 0 Å². The number of nitrogens with zero attached hydrogens (tertiary/aromatic N) is 3. The Hall–Kier alpha value is -3.43. The van der Waals surface area contributed by atoms with Crippen molar-refractivity contribution in [1.82, 2.24) is 14.7 Å². The van der Waals surface area contributed by atoms with Gasteiger partial charge in [0, 0.05) is 45.2 Å². The number of aromatic hydroxyl groups is 1. The quantitative estimate of drug-likeness (QED) is 0.426. The van der Waals surface area contributed by atoms with Crippen LogP contribution in [0, 0.1) is 5.92 Å². The summed E-state index contributed by atoms with van der Waals surface area (Å²) in [6.07, 6.45) is 1.86. The molecule has 0 bridgehead atoms. The van der Waals surface area contributed by atoms with Gasteiger partial charge < -0.3 is 20.2 Å². The first-order valence-electron chi connectivity index (χ1n) is 15.2. The van der Waals surface area contributed by atoms with Crippen LogP contribution < -0.4 is 0 Å². The molecule has 9 heteroatoms. The molecule has 2 aliphatic rings. The zero-order valence-electron chi connectivity index (χ0n) is 26.6. The number of carboxylic acids is 2. The number of amides is 1. The number of aliphatic carboxylic acids is 2. The van der Waals surface area contributed by atoms with E-state index in [9.17, 15) is 9.90 Å². The van der Waals surface area contributed by atoms with Gasteiger partial charge in [0.25, 0.3) is 0 Å². The number of rotatable bonds is 5. The summed E-state index contributed by atoms with van der Waals surface area (Å²) in [5, 5.41) is 25.8. The average molecular weight is 596 g/mol. The Balaban J connectivity index is 0.000000765. The van der Waals surface area contributed by atoms with Crippen molar-refractivity contribution in [2.75, 3.05) is 39.3 Å². The van der Waals surface area contributed by atoms with Gasteiger partial charge in [0.2, 0.25) is 5.91 Å². The number of phenolic OH excluding ortho intramolecular Hbond substituents is 1. The topological polar surface area (TPSA) is 122 Å². The highest BCUT2D eigenvalue weighted by Gasteiger charge is 2.31. The van der Waals surface area contributed by atoms with Gasteiger partial charge in [-0.3, -0.25) is 14.6 Å². The third-order valence-corrected chi connectivity index (χ3v) is 8.24. The van der Waals surface area contributed by atoms with Gasteiger partial charge >= 0.3 is 11.9 Å². The SMILES string of the molecule is CC(C)(C)c1cc(CN2CCC(C(=O)N3CCN(Cc4ccccc4)CC3)CC2)cc(C(C)(C)C)c1O.O=C(O)C(=O)O. The van der Waals surface area contributed by atoms with Crippen LogP contribution in [0.5, 0.6) is 5.75 Å². The lowest BCUT2D eigenvalue weighted by Gasteiger charge is -2.38. The number of benzene rings is 2. The average Bonchev–Trinajstić information content (AvgIpc) is 2.94. The van der Waals surface area contributed by atoms with E-state index >= 15 is 0 Å². The van der Waals surface area contributed by atoms with E-state index in [0.717, 1.165) is 76.3 Å². The van der Waals surface area contributed by atoms with Crippen LogP contribution in [-0.4, -0.2) is 87.1 Å². The summed E-state index contributed by atoms with van der Waals surface area (Å²) in [4.78, 5) is 38.5. The van der Waals surface area contributed by atoms with Gasteiger partial charge in [-0.25, -0.2) is 9.59 Å². The van der Waals surface area contributed by atoms with Crippen molar-refractivity contribution in [2.24, 2.45) is 5.92 Å². The molecule has 0 atom stereocenters. The van der Waals surface area contributed by atoms with Crippen LogP contribution in [0.25, 0.3) is 0 Å². The number of likely N-dealkylation sites (tertiary alicyclic amines) is 1. The summed E-state index contributed by atoms with van der Waals surface area (Å²) in [6, 6.07) is 15.0. The van der Waals surface area contributed by atoms with Gasteiger partial charge in [0.05, 0.1) is 0 Å². The molecule has 43 heavy (non-hydrogen) atoms. The molecule has 0 aromatic heterocycles. The number of carboxylic acid groups (broad SMARTS) is 2. The van der Waals surface area contributed by atoms with E-state index in [1.807, 2.05) is 0 Å². The second-order valence-corrected chi connectivity index (χ2v) is 13.8. The number of carbonyl (C=O) groups is 3. The molecule has 2 aromatic rings. The minimum absolute atomic E-state index is 0.120. The van der Waals surface area contributed by atoms with E-state index in [4.69, 9.17) is 19.8 Å². The largest absolute Gasteiger partial charge is 0.507 e. The summed E-state index contributed by atoms with van der Waals surface area (Å²) in [6.45, 7) is 20.3. The molecule has 2 saturated heterocycles. The van der Waals surface area contributed by atoms with Crippen molar-refractivity contribution in [3.05, 3.63) is 64.7 Å². The van der Waals surface area contributed by atoms with Crippen LogP contribution in [0.15, 0.2) is 42.5 Å². The molecular weight excluding hydrogens is 546 g/mol. The standard InChI is InChI=1S/C32H47N3O2.C2H2O4/c1-31(2,3)27-20-25(21-28(29(27)36)32(4,5)6)23-33-14-12-26(13-15-33)30(37)35-18-16-34(17-19-35)22-24-10-8-7-9-11-24;3-1(4)2(5)6/h7-11,20-21,26,36H,12-19,22-23H2,1-6H3;(H,3,4)(H,5,6). The fourth-order valence-electron chi connectivity index (χ4n) is 5.75. The van der Waals surface area contributed by atoms with E-state index in [-0.39, 0.29) is 16.7 Å². The van der Waals surface area contributed by atoms with Gasteiger partial charge in [0.15, 0.2) is 0 Å². The molecule has 0 saturated carbocycles. The van der Waals surface area contributed by atoms with E-state index in [0.29, 0.717) is 11.7 Å². The smallest absolute Gasteiger partial charge is 0.414 e. The Labute approximate surface area is 256 Å². The number of hydrogen-bond acceptors (Lipinski definition) is 6. The number of phenols is 1. The molecule has 2 heterocycles. The van der Waals surface area contributed by atoms with Crippen LogP contribution in [0.3, 0.4) is 0 Å². The minimum Gasteiger partial charge on any atom is -0.507 e. The van der Waals surface area contributed by atoms with Gasteiger partial charge in [-0.2, -0.15) is 0 Å². The molecule has 2 aromatic carbocycles. The Bertz CT molecular complexity index is 1200. The number of carbonyl (C=O) groups excluding carboxylic acids is 1. The lowest BCUT2D eigenvalue weighted by Crippen LogP contribution is -2.51. The van der Waals surface area contributed by atoms with Crippen LogP contribution in [0.4, 0.5) is 0 Å². The Morgan fingerprint density at radius 2 is 1.14 bits per heavy atom. The zero-order chi connectivity index (χ0) is 31.9. The highest BCUT2D eigenvalue weighted by molar-refractivity contribution is 6.27. The van der Waals surface area contributed by atoms with E-state index in [2.05, 4.69) is 98.7 Å². The lowest BCUT2D eigenvalue weighted by molar-refractivity contribution is -0.159. The maximum atomic E-state index is 13.3. The lowest BCUT2D eigenvalue weighted by atomic mass is 9.78. The summed E-state index contributed by atoms with van der Waals surface area (Å²) >= 11 is 0. The molecule has 0 spiro atoms. The molecule has 0 radical (unpaired) electrons. The normalized spacial score (nSPS) is 17.2. The zero-order valence-corrected chi connectivity index (χ0v) is 26.6. The van der Waals surface area contributed by atoms with Crippen LogP contribution in [0.2, 0.25) is 0 Å². The second kappa shape index (κ2) is 14.4. The van der Waals surface area contributed by atoms with Crippen molar-refractivity contribution in [3.63, 3.8) is 0 Å². The third kappa shape index (κ3) is 9.79. The monoisotopic (exact) mass is 595 g/mol. The van der Waals surface area contributed by atoms with Crippen molar-refractivity contribution in [1.29, 1.82) is 0 Å². The highest BCUT2D eigenvalue weighted by atomic mass is 16.4. The molecule has 0 unspecified atom stereocenters. The summed E-state index contributed by atoms with van der Waals surface area (Å²) < 4.78 is 0. The first kappa shape index (κ1) is 34.1. The van der Waals surface area contributed by atoms with Crippen LogP contribution in [0.1, 0.15) is 76.6 Å². The molecule has 3 N–H and O–H groups in total. The first-order chi connectivity index (χ1) is 20.1. The Kier molecular flexibility index (Phi) is 11.4. The van der Waals surface area contributed by atoms with Crippen LogP contribution >= 0.6 is 0 Å². The van der Waals surface area contributed by atoms with Gasteiger partial charge in [-0.05, 0) is 59.0 Å². The van der Waals surface area contributed by atoms with E-state index in [1.165, 1.54) is 11.1 Å². The third-order valence-electron chi connectivity index (χ3n) is 8.24. The second-order valence-electron chi connectivity index (χ2n) is 13.8. The van der Waals surface area contributed by atoms with Crippen molar-refractivity contribution in [3.8, 4) is 5.75 Å².